The molecule has 0 spiro atoms. The van der Waals surface area contributed by atoms with E-state index in [1.165, 1.54) is 6.26 Å². The number of para-hydroxylation sites is 1. The van der Waals surface area contributed by atoms with E-state index in [0.29, 0.717) is 18.2 Å². The van der Waals surface area contributed by atoms with Crippen molar-refractivity contribution in [3.05, 3.63) is 36.1 Å². The van der Waals surface area contributed by atoms with Crippen LogP contribution in [-0.4, -0.2) is 18.4 Å². The van der Waals surface area contributed by atoms with Gasteiger partial charge in [0.15, 0.2) is 5.78 Å². The van der Waals surface area contributed by atoms with Crippen molar-refractivity contribution in [1.82, 2.24) is 5.32 Å². The van der Waals surface area contributed by atoms with Crippen molar-refractivity contribution < 1.29 is 9.21 Å². The van der Waals surface area contributed by atoms with Crippen LogP contribution >= 0.6 is 0 Å². The molecule has 0 aliphatic heterocycles. The lowest BCUT2D eigenvalue weighted by molar-refractivity contribution is 0.0989. The smallest absolute Gasteiger partial charge is 0.180 e. The van der Waals surface area contributed by atoms with Gasteiger partial charge >= 0.3 is 0 Å². The molecule has 2 aromatic rings. The minimum absolute atomic E-state index is 0.0682. The Morgan fingerprint density at radius 2 is 2.12 bits per heavy atom. The van der Waals surface area contributed by atoms with Gasteiger partial charge in [-0.3, -0.25) is 4.79 Å². The Morgan fingerprint density at radius 3 is 2.88 bits per heavy atom. The summed E-state index contributed by atoms with van der Waals surface area (Å²) in [5.74, 6) is 0.0682. The van der Waals surface area contributed by atoms with Gasteiger partial charge in [-0.1, -0.05) is 32.0 Å². The number of rotatable bonds is 4. The lowest BCUT2D eigenvalue weighted by atomic mass is 10.1. The maximum absolute atomic E-state index is 11.9. The Balaban J connectivity index is 2.23. The third-order valence-corrected chi connectivity index (χ3v) is 2.45. The fourth-order valence-corrected chi connectivity index (χ4v) is 1.59. The zero-order chi connectivity index (χ0) is 11.5. The summed E-state index contributed by atoms with van der Waals surface area (Å²) in [7, 11) is 0. The lowest BCUT2D eigenvalue weighted by Crippen LogP contribution is -2.29. The first kappa shape index (κ1) is 10.9. The first-order valence-corrected chi connectivity index (χ1v) is 5.41. The van der Waals surface area contributed by atoms with E-state index in [9.17, 15) is 4.79 Å². The van der Waals surface area contributed by atoms with Gasteiger partial charge in [0.05, 0.1) is 12.1 Å². The predicted octanol–water partition coefficient (Wildman–Crippen LogP) is 2.61. The van der Waals surface area contributed by atoms with Crippen LogP contribution in [0.25, 0.3) is 11.0 Å². The highest BCUT2D eigenvalue weighted by Gasteiger charge is 2.12. The van der Waals surface area contributed by atoms with Crippen LogP contribution in [0.1, 0.15) is 24.2 Å². The van der Waals surface area contributed by atoms with Crippen molar-refractivity contribution in [2.45, 2.75) is 19.9 Å². The van der Waals surface area contributed by atoms with E-state index in [-0.39, 0.29) is 5.78 Å². The Bertz CT molecular complexity index is 499. The molecular formula is C13H15NO2. The highest BCUT2D eigenvalue weighted by atomic mass is 16.3. The Kier molecular flexibility index (Phi) is 3.06. The van der Waals surface area contributed by atoms with E-state index < -0.39 is 0 Å². The van der Waals surface area contributed by atoms with Crippen LogP contribution in [0, 0.1) is 0 Å². The number of fused-ring (bicyclic) bond motifs is 1. The first-order chi connectivity index (χ1) is 7.68. The largest absolute Gasteiger partial charge is 0.464 e. The second kappa shape index (κ2) is 4.49. The molecule has 0 fully saturated rings. The SMILES string of the molecule is CC(C)NCC(=O)c1coc2ccccc12. The Morgan fingerprint density at radius 1 is 1.38 bits per heavy atom. The van der Waals surface area contributed by atoms with Crippen LogP contribution in [0.5, 0.6) is 0 Å². The van der Waals surface area contributed by atoms with Gasteiger partial charge in [-0.25, -0.2) is 0 Å². The van der Waals surface area contributed by atoms with Gasteiger partial charge in [-0.2, -0.15) is 0 Å². The van der Waals surface area contributed by atoms with Gasteiger partial charge in [0.25, 0.3) is 0 Å². The summed E-state index contributed by atoms with van der Waals surface area (Å²) >= 11 is 0. The van der Waals surface area contributed by atoms with Gasteiger partial charge in [-0.05, 0) is 6.07 Å². The summed E-state index contributed by atoms with van der Waals surface area (Å²) in [6.07, 6.45) is 1.54. The molecule has 3 heteroatoms. The zero-order valence-corrected chi connectivity index (χ0v) is 9.49. The van der Waals surface area contributed by atoms with Gasteiger partial charge in [-0.15, -0.1) is 0 Å². The molecule has 1 aromatic carbocycles. The fourth-order valence-electron chi connectivity index (χ4n) is 1.59. The summed E-state index contributed by atoms with van der Waals surface area (Å²) in [6.45, 7) is 4.38. The number of nitrogens with one attached hydrogen (secondary N) is 1. The highest BCUT2D eigenvalue weighted by molar-refractivity contribution is 6.08. The van der Waals surface area contributed by atoms with Crippen molar-refractivity contribution in [3.8, 4) is 0 Å². The minimum Gasteiger partial charge on any atom is -0.464 e. The van der Waals surface area contributed by atoms with Crippen molar-refractivity contribution in [2.75, 3.05) is 6.54 Å². The fraction of sp³-hybridized carbons (Fsp3) is 0.308. The van der Waals surface area contributed by atoms with Crippen LogP contribution in [-0.2, 0) is 0 Å². The maximum Gasteiger partial charge on any atom is 0.180 e. The van der Waals surface area contributed by atoms with Gasteiger partial charge in [0.2, 0.25) is 0 Å². The summed E-state index contributed by atoms with van der Waals surface area (Å²) in [4.78, 5) is 11.9. The van der Waals surface area contributed by atoms with E-state index in [1.54, 1.807) is 0 Å². The molecular weight excluding hydrogens is 202 g/mol. The van der Waals surface area contributed by atoms with Crippen molar-refractivity contribution in [2.24, 2.45) is 0 Å². The van der Waals surface area contributed by atoms with E-state index in [0.717, 1.165) is 11.0 Å². The number of furan rings is 1. The number of benzene rings is 1. The van der Waals surface area contributed by atoms with Gasteiger partial charge < -0.3 is 9.73 Å². The average molecular weight is 217 g/mol. The molecule has 16 heavy (non-hydrogen) atoms. The van der Waals surface area contributed by atoms with E-state index in [2.05, 4.69) is 5.32 Å². The normalized spacial score (nSPS) is 11.2. The molecule has 0 saturated carbocycles. The van der Waals surface area contributed by atoms with E-state index in [1.807, 2.05) is 38.1 Å². The molecule has 1 heterocycles. The third-order valence-electron chi connectivity index (χ3n) is 2.45. The molecule has 84 valence electrons. The Hall–Kier alpha value is -1.61. The minimum atomic E-state index is 0.0682. The molecule has 0 radical (unpaired) electrons. The number of Topliss-reactive ketones (excluding diaryl/α,β-unsaturated/α-hetero) is 1. The second-order valence-electron chi connectivity index (χ2n) is 4.10. The van der Waals surface area contributed by atoms with Crippen LogP contribution in [0.15, 0.2) is 34.9 Å². The monoisotopic (exact) mass is 217 g/mol. The summed E-state index contributed by atoms with van der Waals surface area (Å²) in [6, 6.07) is 7.88. The highest BCUT2D eigenvalue weighted by Crippen LogP contribution is 2.20. The molecule has 0 saturated heterocycles. The van der Waals surface area contributed by atoms with Crippen LogP contribution in [0.2, 0.25) is 0 Å². The summed E-state index contributed by atoms with van der Waals surface area (Å²) in [5.41, 5.74) is 1.42. The maximum atomic E-state index is 11.9. The molecule has 0 atom stereocenters. The number of hydrogen-bond donors (Lipinski definition) is 1. The summed E-state index contributed by atoms with van der Waals surface area (Å²) < 4.78 is 5.33. The number of carbonyl (C=O) groups is 1. The van der Waals surface area contributed by atoms with E-state index >= 15 is 0 Å². The molecule has 3 nitrogen and oxygen atoms in total. The molecule has 0 bridgehead atoms. The number of ketones is 1. The number of carbonyl (C=O) groups excluding carboxylic acids is 1. The molecule has 1 aromatic heterocycles. The second-order valence-corrected chi connectivity index (χ2v) is 4.10. The predicted molar refractivity (Wildman–Crippen MR) is 63.7 cm³/mol. The van der Waals surface area contributed by atoms with E-state index in [4.69, 9.17) is 4.42 Å². The zero-order valence-electron chi connectivity index (χ0n) is 9.49. The third kappa shape index (κ3) is 2.14. The van der Waals surface area contributed by atoms with Crippen molar-refractivity contribution in [1.29, 1.82) is 0 Å². The van der Waals surface area contributed by atoms with Gasteiger partial charge in [0, 0.05) is 11.4 Å². The van der Waals surface area contributed by atoms with Crippen molar-refractivity contribution in [3.63, 3.8) is 0 Å². The van der Waals surface area contributed by atoms with Crippen LogP contribution < -0.4 is 5.32 Å². The Labute approximate surface area is 94.4 Å². The molecule has 0 aliphatic rings. The van der Waals surface area contributed by atoms with Gasteiger partial charge in [0.1, 0.15) is 11.8 Å². The molecule has 1 N–H and O–H groups in total. The van der Waals surface area contributed by atoms with Crippen molar-refractivity contribution >= 4 is 16.8 Å². The quantitative estimate of drug-likeness (QED) is 0.800. The lowest BCUT2D eigenvalue weighted by Gasteiger charge is -2.05. The molecule has 0 unspecified atom stereocenters. The van der Waals surface area contributed by atoms with Crippen LogP contribution in [0.3, 0.4) is 0 Å². The first-order valence-electron chi connectivity index (χ1n) is 5.41. The number of hydrogen-bond acceptors (Lipinski definition) is 3. The molecule has 0 aliphatic carbocycles. The average Bonchev–Trinajstić information content (AvgIpc) is 2.69. The molecule has 2 rings (SSSR count). The van der Waals surface area contributed by atoms with Crippen LogP contribution in [0.4, 0.5) is 0 Å². The topological polar surface area (TPSA) is 42.2 Å². The molecule has 0 amide bonds. The summed E-state index contributed by atoms with van der Waals surface area (Å²) in [5, 5.41) is 3.99. The standard InChI is InChI=1S/C13H15NO2/c1-9(2)14-7-12(15)11-8-16-13-6-4-3-5-10(11)13/h3-6,8-9,14H,7H2,1-2H3.